The van der Waals surface area contributed by atoms with Gasteiger partial charge in [0.2, 0.25) is 0 Å². The largest absolute Gasteiger partial charge is 0.321 e. The minimum Gasteiger partial charge on any atom is -0.321 e. The van der Waals surface area contributed by atoms with Gasteiger partial charge in [0.15, 0.2) is 0 Å². The molecule has 0 spiro atoms. The van der Waals surface area contributed by atoms with Gasteiger partial charge in [-0.05, 0) is 39.3 Å². The van der Waals surface area contributed by atoms with Crippen molar-refractivity contribution in [1.82, 2.24) is 9.55 Å². The number of hydrogen-bond acceptors (Lipinski definition) is 2. The van der Waals surface area contributed by atoms with Crippen LogP contribution in [-0.2, 0) is 5.54 Å². The average Bonchev–Trinajstić information content (AvgIpc) is 2.78. The first-order valence-electron chi connectivity index (χ1n) is 6.98. The maximum Gasteiger partial charge on any atom is 0.128 e. The second kappa shape index (κ2) is 5.46. The molecule has 1 aromatic heterocycles. The molecular formula is C16H20ClN3. The van der Waals surface area contributed by atoms with Gasteiger partial charge >= 0.3 is 0 Å². The third-order valence-corrected chi connectivity index (χ3v) is 3.85. The zero-order chi connectivity index (χ0) is 14.9. The average molecular weight is 290 g/mol. The lowest BCUT2D eigenvalue weighted by Crippen LogP contribution is -2.28. The summed E-state index contributed by atoms with van der Waals surface area (Å²) in [5.74, 6) is 0.836. The molecule has 0 N–H and O–H groups in total. The third-order valence-electron chi connectivity index (χ3n) is 3.65. The Bertz CT molecular complexity index is 662. The Morgan fingerprint density at radius 3 is 2.70 bits per heavy atom. The zero-order valence-corrected chi connectivity index (χ0v) is 13.2. The molecule has 0 radical (unpaired) electrons. The topological polar surface area (TPSA) is 41.6 Å². The van der Waals surface area contributed by atoms with Gasteiger partial charge in [0.05, 0.1) is 16.5 Å². The SMILES string of the molecule is CCCC(C)(C)n1c(C(C)Cl)nc2c(C#N)cccc21. The van der Waals surface area contributed by atoms with Gasteiger partial charge in [-0.1, -0.05) is 19.4 Å². The van der Waals surface area contributed by atoms with Crippen LogP contribution in [0.15, 0.2) is 18.2 Å². The highest BCUT2D eigenvalue weighted by Gasteiger charge is 2.27. The van der Waals surface area contributed by atoms with Gasteiger partial charge in [0.1, 0.15) is 17.4 Å². The Morgan fingerprint density at radius 1 is 1.45 bits per heavy atom. The first kappa shape index (κ1) is 14.9. The first-order chi connectivity index (χ1) is 9.42. The number of nitriles is 1. The molecule has 1 aromatic carbocycles. The Labute approximate surface area is 125 Å². The molecular weight excluding hydrogens is 270 g/mol. The molecule has 2 aromatic rings. The number of halogens is 1. The fourth-order valence-electron chi connectivity index (χ4n) is 2.83. The van der Waals surface area contributed by atoms with Crippen LogP contribution in [0.4, 0.5) is 0 Å². The predicted molar refractivity (Wildman–Crippen MR) is 82.9 cm³/mol. The van der Waals surface area contributed by atoms with Gasteiger partial charge < -0.3 is 4.57 Å². The van der Waals surface area contributed by atoms with Crippen molar-refractivity contribution >= 4 is 22.6 Å². The van der Waals surface area contributed by atoms with E-state index in [-0.39, 0.29) is 10.9 Å². The molecule has 1 atom stereocenters. The summed E-state index contributed by atoms with van der Waals surface area (Å²) >= 11 is 6.32. The molecule has 0 aliphatic heterocycles. The van der Waals surface area contributed by atoms with Gasteiger partial charge in [-0.2, -0.15) is 5.26 Å². The van der Waals surface area contributed by atoms with E-state index in [0.29, 0.717) is 5.56 Å². The second-order valence-corrected chi connectivity index (χ2v) is 6.42. The van der Waals surface area contributed by atoms with Gasteiger partial charge in [-0.15, -0.1) is 11.6 Å². The minimum absolute atomic E-state index is 0.0734. The third kappa shape index (κ3) is 2.41. The van der Waals surface area contributed by atoms with Crippen molar-refractivity contribution in [3.8, 4) is 6.07 Å². The number of alkyl halides is 1. The molecule has 2 rings (SSSR count). The number of nitrogens with zero attached hydrogens (tertiary/aromatic N) is 3. The monoisotopic (exact) mass is 289 g/mol. The summed E-state index contributed by atoms with van der Waals surface area (Å²) in [6.07, 6.45) is 2.12. The summed E-state index contributed by atoms with van der Waals surface area (Å²) in [7, 11) is 0. The molecule has 0 saturated carbocycles. The van der Waals surface area contributed by atoms with Gasteiger partial charge in [-0.25, -0.2) is 4.98 Å². The molecule has 0 bridgehead atoms. The molecule has 106 valence electrons. The molecule has 0 aliphatic rings. The van der Waals surface area contributed by atoms with E-state index >= 15 is 0 Å². The Morgan fingerprint density at radius 2 is 2.15 bits per heavy atom. The van der Waals surface area contributed by atoms with Crippen molar-refractivity contribution < 1.29 is 0 Å². The predicted octanol–water partition coefficient (Wildman–Crippen LogP) is 4.74. The molecule has 20 heavy (non-hydrogen) atoms. The van der Waals surface area contributed by atoms with E-state index in [9.17, 15) is 5.26 Å². The fraction of sp³-hybridized carbons (Fsp3) is 0.500. The molecule has 0 amide bonds. The molecule has 4 heteroatoms. The number of imidazole rings is 1. The summed E-state index contributed by atoms with van der Waals surface area (Å²) in [5, 5.41) is 9.06. The van der Waals surface area contributed by atoms with E-state index in [2.05, 4.69) is 36.4 Å². The van der Waals surface area contributed by atoms with Crippen LogP contribution in [-0.4, -0.2) is 9.55 Å². The zero-order valence-electron chi connectivity index (χ0n) is 12.4. The van der Waals surface area contributed by atoms with E-state index < -0.39 is 0 Å². The van der Waals surface area contributed by atoms with Crippen LogP contribution < -0.4 is 0 Å². The van der Waals surface area contributed by atoms with Crippen molar-refractivity contribution in [3.05, 3.63) is 29.6 Å². The Kier molecular flexibility index (Phi) is 4.06. The van der Waals surface area contributed by atoms with Gasteiger partial charge in [0, 0.05) is 5.54 Å². The quantitative estimate of drug-likeness (QED) is 0.763. The normalized spacial score (nSPS) is 13.4. The molecule has 0 fully saturated rings. The number of aromatic nitrogens is 2. The van der Waals surface area contributed by atoms with E-state index in [1.165, 1.54) is 0 Å². The summed E-state index contributed by atoms with van der Waals surface area (Å²) in [6, 6.07) is 7.94. The molecule has 0 saturated heterocycles. The number of rotatable bonds is 4. The number of benzene rings is 1. The highest BCUT2D eigenvalue weighted by Crippen LogP contribution is 2.34. The first-order valence-corrected chi connectivity index (χ1v) is 7.42. The number of para-hydroxylation sites is 1. The van der Waals surface area contributed by atoms with Gasteiger partial charge in [-0.3, -0.25) is 0 Å². The van der Waals surface area contributed by atoms with Crippen LogP contribution in [0.5, 0.6) is 0 Å². The van der Waals surface area contributed by atoms with Crippen molar-refractivity contribution in [3.63, 3.8) is 0 Å². The van der Waals surface area contributed by atoms with Crippen LogP contribution in [0.25, 0.3) is 11.0 Å². The standard InChI is InChI=1S/C16H20ClN3/c1-5-9-16(3,4)20-13-8-6-7-12(10-18)14(13)19-15(20)11(2)17/h6-8,11H,5,9H2,1-4H3. The summed E-state index contributed by atoms with van der Waals surface area (Å²) in [6.45, 7) is 8.48. The second-order valence-electron chi connectivity index (χ2n) is 5.77. The minimum atomic E-state index is -0.190. The molecule has 1 unspecified atom stereocenters. The van der Waals surface area contributed by atoms with Crippen molar-refractivity contribution in [1.29, 1.82) is 5.26 Å². The van der Waals surface area contributed by atoms with E-state index in [4.69, 9.17) is 11.6 Å². The summed E-state index contributed by atoms with van der Waals surface area (Å²) < 4.78 is 2.20. The smallest absolute Gasteiger partial charge is 0.128 e. The van der Waals surface area contributed by atoms with E-state index in [0.717, 1.165) is 29.7 Å². The lowest BCUT2D eigenvalue weighted by atomic mass is 9.97. The van der Waals surface area contributed by atoms with E-state index in [1.807, 2.05) is 19.1 Å². The van der Waals surface area contributed by atoms with Gasteiger partial charge in [0.25, 0.3) is 0 Å². The fourth-order valence-corrected chi connectivity index (χ4v) is 2.98. The van der Waals surface area contributed by atoms with E-state index in [1.54, 1.807) is 6.07 Å². The lowest BCUT2D eigenvalue weighted by molar-refractivity contribution is 0.323. The van der Waals surface area contributed by atoms with Crippen molar-refractivity contribution in [2.24, 2.45) is 0 Å². The van der Waals surface area contributed by atoms with Crippen molar-refractivity contribution in [2.75, 3.05) is 0 Å². The molecule has 3 nitrogen and oxygen atoms in total. The van der Waals surface area contributed by atoms with Crippen LogP contribution in [0.2, 0.25) is 0 Å². The maximum absolute atomic E-state index is 9.25. The maximum atomic E-state index is 9.25. The molecule has 1 heterocycles. The van der Waals surface area contributed by atoms with Crippen LogP contribution >= 0.6 is 11.6 Å². The Hall–Kier alpha value is -1.53. The molecule has 0 aliphatic carbocycles. The number of hydrogen-bond donors (Lipinski definition) is 0. The highest BCUT2D eigenvalue weighted by atomic mass is 35.5. The lowest BCUT2D eigenvalue weighted by Gasteiger charge is -2.29. The summed E-state index contributed by atoms with van der Waals surface area (Å²) in [5.41, 5.74) is 2.27. The van der Waals surface area contributed by atoms with Crippen molar-refractivity contribution in [2.45, 2.75) is 51.5 Å². The number of fused-ring (bicyclic) bond motifs is 1. The Balaban J connectivity index is 2.81. The van der Waals surface area contributed by atoms with Crippen LogP contribution in [0, 0.1) is 11.3 Å². The summed E-state index contributed by atoms with van der Waals surface area (Å²) in [4.78, 5) is 4.64. The van der Waals surface area contributed by atoms with Crippen LogP contribution in [0.3, 0.4) is 0 Å². The van der Waals surface area contributed by atoms with Crippen LogP contribution in [0.1, 0.15) is 57.3 Å². The highest BCUT2D eigenvalue weighted by molar-refractivity contribution is 6.20.